The van der Waals surface area contributed by atoms with Crippen molar-refractivity contribution < 1.29 is 28.3 Å². The number of aromatic nitrogens is 1. The summed E-state index contributed by atoms with van der Waals surface area (Å²) in [5, 5.41) is 4.10. The molecule has 3 aliphatic rings. The van der Waals surface area contributed by atoms with Gasteiger partial charge in [-0.2, -0.15) is 0 Å². The first-order chi connectivity index (χ1) is 15.8. The molecule has 10 heteroatoms. The summed E-state index contributed by atoms with van der Waals surface area (Å²) in [7, 11) is 0. The molecule has 0 spiro atoms. The summed E-state index contributed by atoms with van der Waals surface area (Å²) in [4.78, 5) is 48.6. The van der Waals surface area contributed by atoms with E-state index in [0.717, 1.165) is 0 Å². The number of aryl methyl sites for hydroxylation is 1. The molecule has 0 bridgehead atoms. The van der Waals surface area contributed by atoms with Crippen LogP contribution in [0.1, 0.15) is 39.3 Å². The summed E-state index contributed by atoms with van der Waals surface area (Å²) in [6.45, 7) is 4.89. The number of fused-ring (bicyclic) bond motifs is 1. The maximum absolute atomic E-state index is 13.5. The molecule has 0 radical (unpaired) electrons. The molecule has 2 saturated heterocycles. The fourth-order valence-corrected chi connectivity index (χ4v) is 4.77. The molecular formula is C23H25FN4O5. The van der Waals surface area contributed by atoms with Crippen molar-refractivity contribution in [2.45, 2.75) is 45.3 Å². The second kappa shape index (κ2) is 8.27. The first-order valence-electron chi connectivity index (χ1n) is 10.9. The summed E-state index contributed by atoms with van der Waals surface area (Å²) in [6.07, 6.45) is 0.849. The molecule has 3 amide bonds. The van der Waals surface area contributed by atoms with Gasteiger partial charge in [0, 0.05) is 23.7 Å². The van der Waals surface area contributed by atoms with Gasteiger partial charge in [-0.15, -0.1) is 0 Å². The van der Waals surface area contributed by atoms with Gasteiger partial charge < -0.3 is 19.9 Å². The summed E-state index contributed by atoms with van der Waals surface area (Å²) >= 11 is 0. The fourth-order valence-electron chi connectivity index (χ4n) is 4.77. The average molecular weight is 456 g/mol. The zero-order valence-corrected chi connectivity index (χ0v) is 18.4. The van der Waals surface area contributed by atoms with Gasteiger partial charge in [0.25, 0.3) is 11.8 Å². The number of H-pyrrole nitrogens is 1. The van der Waals surface area contributed by atoms with E-state index in [1.165, 1.54) is 17.2 Å². The smallest absolute Gasteiger partial charge is 0.271 e. The number of hydroxylamine groups is 2. The number of amides is 3. The Morgan fingerprint density at radius 3 is 2.85 bits per heavy atom. The maximum atomic E-state index is 13.5. The van der Waals surface area contributed by atoms with Crippen molar-refractivity contribution in [1.82, 2.24) is 15.4 Å². The highest BCUT2D eigenvalue weighted by molar-refractivity contribution is 6.02. The van der Waals surface area contributed by atoms with Gasteiger partial charge in [-0.25, -0.2) is 9.45 Å². The third-order valence-corrected chi connectivity index (χ3v) is 6.50. The van der Waals surface area contributed by atoms with Gasteiger partial charge >= 0.3 is 0 Å². The number of rotatable bonds is 5. The van der Waals surface area contributed by atoms with Crippen LogP contribution in [0.5, 0.6) is 0 Å². The van der Waals surface area contributed by atoms with E-state index in [-0.39, 0.29) is 49.2 Å². The van der Waals surface area contributed by atoms with Crippen LogP contribution >= 0.6 is 0 Å². The first kappa shape index (κ1) is 21.6. The molecular weight excluding hydrogens is 431 g/mol. The van der Waals surface area contributed by atoms with Crippen molar-refractivity contribution in [2.24, 2.45) is 0 Å². The number of anilines is 1. The van der Waals surface area contributed by atoms with E-state index in [1.54, 1.807) is 24.8 Å². The predicted molar refractivity (Wildman–Crippen MR) is 115 cm³/mol. The van der Waals surface area contributed by atoms with Crippen LogP contribution in [0.2, 0.25) is 0 Å². The summed E-state index contributed by atoms with van der Waals surface area (Å²) in [6, 6.07) is 3.41. The SMILES string of the molecule is Cc1[nH]c(CN2C(=O)Cc3cc(F)ccc32)c(C)c1C(=O)NC1CON([C@@H]2CCOC2)C1=O. The largest absolute Gasteiger partial charge is 0.379 e. The highest BCUT2D eigenvalue weighted by Gasteiger charge is 2.40. The van der Waals surface area contributed by atoms with Gasteiger partial charge in [-0.3, -0.25) is 19.2 Å². The van der Waals surface area contributed by atoms with Crippen LogP contribution in [0.15, 0.2) is 18.2 Å². The molecule has 33 heavy (non-hydrogen) atoms. The molecule has 3 aliphatic heterocycles. The predicted octanol–water partition coefficient (Wildman–Crippen LogP) is 1.52. The molecule has 2 N–H and O–H groups in total. The van der Waals surface area contributed by atoms with E-state index in [4.69, 9.17) is 9.57 Å². The van der Waals surface area contributed by atoms with Crippen LogP contribution in [-0.4, -0.2) is 59.7 Å². The molecule has 9 nitrogen and oxygen atoms in total. The number of halogens is 1. The molecule has 2 atom stereocenters. The average Bonchev–Trinajstić information content (AvgIpc) is 3.52. The number of carbonyl (C=O) groups is 3. The molecule has 174 valence electrons. The lowest BCUT2D eigenvalue weighted by molar-refractivity contribution is -0.173. The lowest BCUT2D eigenvalue weighted by Crippen LogP contribution is -2.45. The third kappa shape index (κ3) is 3.79. The van der Waals surface area contributed by atoms with Crippen molar-refractivity contribution in [3.05, 3.63) is 52.1 Å². The first-order valence-corrected chi connectivity index (χ1v) is 10.9. The molecule has 0 aliphatic carbocycles. The van der Waals surface area contributed by atoms with E-state index in [0.29, 0.717) is 53.4 Å². The number of carbonyl (C=O) groups excluding carboxylic acids is 3. The van der Waals surface area contributed by atoms with Crippen molar-refractivity contribution >= 4 is 23.4 Å². The quantitative estimate of drug-likeness (QED) is 0.710. The van der Waals surface area contributed by atoms with Gasteiger partial charge in [-0.05, 0) is 49.6 Å². The van der Waals surface area contributed by atoms with Crippen LogP contribution in [-0.2, 0) is 32.1 Å². The van der Waals surface area contributed by atoms with E-state index in [2.05, 4.69) is 10.3 Å². The maximum Gasteiger partial charge on any atom is 0.271 e. The second-order valence-corrected chi connectivity index (χ2v) is 8.66. The molecule has 1 aromatic carbocycles. The number of hydrogen-bond donors (Lipinski definition) is 2. The van der Waals surface area contributed by atoms with Gasteiger partial charge in [0.15, 0.2) is 0 Å². The minimum absolute atomic E-state index is 0.0755. The zero-order valence-electron chi connectivity index (χ0n) is 18.4. The Balaban J connectivity index is 1.31. The topological polar surface area (TPSA) is 104 Å². The summed E-state index contributed by atoms with van der Waals surface area (Å²) in [5.41, 5.74) is 3.80. The van der Waals surface area contributed by atoms with Gasteiger partial charge in [0.2, 0.25) is 5.91 Å². The second-order valence-electron chi connectivity index (χ2n) is 8.66. The van der Waals surface area contributed by atoms with Crippen LogP contribution in [0.25, 0.3) is 0 Å². The van der Waals surface area contributed by atoms with Crippen LogP contribution in [0.4, 0.5) is 10.1 Å². The molecule has 1 aromatic heterocycles. The molecule has 5 rings (SSSR count). The Morgan fingerprint density at radius 2 is 2.09 bits per heavy atom. The Morgan fingerprint density at radius 1 is 1.27 bits per heavy atom. The number of benzene rings is 1. The third-order valence-electron chi connectivity index (χ3n) is 6.50. The zero-order chi connectivity index (χ0) is 23.3. The number of ether oxygens (including phenoxy) is 1. The lowest BCUT2D eigenvalue weighted by atomic mass is 10.1. The van der Waals surface area contributed by atoms with Crippen molar-refractivity contribution in [3.63, 3.8) is 0 Å². The Kier molecular flexibility index (Phi) is 5.41. The Bertz CT molecular complexity index is 1140. The molecule has 1 unspecified atom stereocenters. The minimum Gasteiger partial charge on any atom is -0.379 e. The number of aromatic amines is 1. The van der Waals surface area contributed by atoms with Crippen LogP contribution < -0.4 is 10.2 Å². The minimum atomic E-state index is -0.766. The molecule has 4 heterocycles. The highest BCUT2D eigenvalue weighted by atomic mass is 19.1. The molecule has 2 fully saturated rings. The Labute approximate surface area is 189 Å². The van der Waals surface area contributed by atoms with Gasteiger partial charge in [0.1, 0.15) is 18.5 Å². The Hall–Kier alpha value is -3.24. The van der Waals surface area contributed by atoms with E-state index in [1.807, 2.05) is 0 Å². The van der Waals surface area contributed by atoms with E-state index < -0.39 is 6.04 Å². The van der Waals surface area contributed by atoms with Crippen molar-refractivity contribution in [3.8, 4) is 0 Å². The van der Waals surface area contributed by atoms with E-state index >= 15 is 0 Å². The number of hydrogen-bond acceptors (Lipinski definition) is 5. The number of nitrogens with zero attached hydrogens (tertiary/aromatic N) is 2. The van der Waals surface area contributed by atoms with Crippen LogP contribution in [0, 0.1) is 19.7 Å². The normalized spacial score (nSPS) is 22.4. The van der Waals surface area contributed by atoms with Gasteiger partial charge in [0.05, 0.1) is 31.2 Å². The summed E-state index contributed by atoms with van der Waals surface area (Å²) < 4.78 is 18.9. The lowest BCUT2D eigenvalue weighted by Gasteiger charge is -2.20. The monoisotopic (exact) mass is 456 g/mol. The highest BCUT2D eigenvalue weighted by Crippen LogP contribution is 2.32. The van der Waals surface area contributed by atoms with E-state index in [9.17, 15) is 18.8 Å². The van der Waals surface area contributed by atoms with Crippen LogP contribution in [0.3, 0.4) is 0 Å². The standard InChI is InChI=1S/C23H25FN4O5/c1-12-17(9-27-19-4-3-15(24)7-14(19)8-20(27)29)25-13(2)21(12)22(30)26-18-11-33-28(23(18)31)16-5-6-32-10-16/h3-4,7,16,18,25H,5-6,8-11H2,1-2H3,(H,26,30)/t16-,18?/m1/s1. The van der Waals surface area contributed by atoms with Crippen molar-refractivity contribution in [2.75, 3.05) is 24.7 Å². The molecule has 2 aromatic rings. The molecule has 0 saturated carbocycles. The fraction of sp³-hybridized carbons (Fsp3) is 0.435. The number of nitrogens with one attached hydrogen (secondary N) is 2. The van der Waals surface area contributed by atoms with Crippen molar-refractivity contribution in [1.29, 1.82) is 0 Å². The van der Waals surface area contributed by atoms with Gasteiger partial charge in [-0.1, -0.05) is 0 Å². The summed E-state index contributed by atoms with van der Waals surface area (Å²) in [5.74, 6) is -1.16.